The first-order valence-corrected chi connectivity index (χ1v) is 3.33. The molecule has 0 spiro atoms. The summed E-state index contributed by atoms with van der Waals surface area (Å²) < 4.78 is 24.0. The molecule has 0 bridgehead atoms. The monoisotopic (exact) mass is 164 g/mol. The van der Waals surface area contributed by atoms with Gasteiger partial charge in [0.15, 0.2) is 0 Å². The van der Waals surface area contributed by atoms with Crippen LogP contribution in [0.4, 0.5) is 0 Å². The van der Waals surface area contributed by atoms with E-state index in [1.807, 2.05) is 0 Å². The summed E-state index contributed by atoms with van der Waals surface area (Å²) in [5.74, 6) is 0. The third-order valence-corrected chi connectivity index (χ3v) is 1.15. The van der Waals surface area contributed by atoms with E-state index in [0.717, 1.165) is 4.89 Å². The summed E-state index contributed by atoms with van der Waals surface area (Å²) in [6, 6.07) is 0. The van der Waals surface area contributed by atoms with Crippen molar-refractivity contribution in [3.05, 3.63) is 0 Å². The molecule has 0 aromatic carbocycles. The molecule has 0 aliphatic heterocycles. The topological polar surface area (TPSA) is 75.6 Å². The van der Waals surface area contributed by atoms with Crippen LogP contribution in [-0.2, 0) is 14.5 Å². The van der Waals surface area contributed by atoms with E-state index >= 15 is 0 Å². The van der Waals surface area contributed by atoms with Crippen LogP contribution in [0, 0.1) is 0 Å². The average Bonchev–Trinajstić information content (AvgIpc) is 1.67. The molecule has 0 aromatic rings. The molecule has 2 N–H and O–H groups in total. The molecule has 0 heterocycles. The van der Waals surface area contributed by atoms with Gasteiger partial charge in [0.05, 0.1) is 6.61 Å². The second-order valence-corrected chi connectivity index (χ2v) is 2.28. The zero-order valence-electron chi connectivity index (χ0n) is 5.29. The Morgan fingerprint density at radius 3 is 2.22 bits per heavy atom. The summed E-state index contributed by atoms with van der Waals surface area (Å²) in [5.41, 5.74) is 0. The van der Waals surface area contributed by atoms with Crippen molar-refractivity contribution in [2.45, 2.75) is 6.92 Å². The van der Waals surface area contributed by atoms with Crippen LogP contribution in [0.2, 0.25) is 0 Å². The third kappa shape index (κ3) is 6.72. The molecule has 0 aliphatic rings. The van der Waals surface area contributed by atoms with Crippen molar-refractivity contribution in [3.8, 4) is 0 Å². The fraction of sp³-hybridized carbons (Fsp3) is 1.00. The molecule has 51 valence electrons. The summed E-state index contributed by atoms with van der Waals surface area (Å²) >= 11 is 0. The Balaban J connectivity index is 0. The first-order chi connectivity index (χ1) is 3.62. The second-order valence-electron chi connectivity index (χ2n) is 0.952. The minimum atomic E-state index is -3.86. The van der Waals surface area contributed by atoms with Gasteiger partial charge in [0, 0.05) is 29.6 Å². The SMILES string of the molecule is CCOS(=O)(=O)NO.[Na]. The molecular formula is C2H7NNaO4S. The maximum absolute atomic E-state index is 10.0. The van der Waals surface area contributed by atoms with Crippen LogP contribution in [0.15, 0.2) is 0 Å². The van der Waals surface area contributed by atoms with Crippen molar-refractivity contribution in [1.82, 2.24) is 4.89 Å². The predicted octanol–water partition coefficient (Wildman–Crippen LogP) is -1.13. The largest absolute Gasteiger partial charge is 0.357 e. The van der Waals surface area contributed by atoms with Crippen molar-refractivity contribution < 1.29 is 17.8 Å². The van der Waals surface area contributed by atoms with Crippen molar-refractivity contribution in [1.29, 1.82) is 0 Å². The van der Waals surface area contributed by atoms with E-state index < -0.39 is 10.3 Å². The van der Waals surface area contributed by atoms with Gasteiger partial charge in [-0.05, 0) is 6.92 Å². The van der Waals surface area contributed by atoms with Gasteiger partial charge in [0.25, 0.3) is 0 Å². The van der Waals surface area contributed by atoms with Gasteiger partial charge >= 0.3 is 10.3 Å². The molecule has 0 amide bonds. The fourth-order valence-electron chi connectivity index (χ4n) is 0.182. The molecule has 0 saturated carbocycles. The average molecular weight is 164 g/mol. The van der Waals surface area contributed by atoms with Gasteiger partial charge in [-0.15, -0.1) is 0 Å². The van der Waals surface area contributed by atoms with Crippen LogP contribution in [-0.4, -0.2) is 49.8 Å². The van der Waals surface area contributed by atoms with Gasteiger partial charge in [-0.25, -0.2) is 0 Å². The Morgan fingerprint density at radius 1 is 1.67 bits per heavy atom. The molecule has 0 saturated heterocycles. The molecule has 0 atom stereocenters. The van der Waals surface area contributed by atoms with E-state index in [1.54, 1.807) is 0 Å². The van der Waals surface area contributed by atoms with Crippen LogP contribution in [0.5, 0.6) is 0 Å². The van der Waals surface area contributed by atoms with Gasteiger partial charge < -0.3 is 5.21 Å². The molecule has 0 unspecified atom stereocenters. The smallest absolute Gasteiger partial charge is 0.300 e. The number of hydrogen-bond acceptors (Lipinski definition) is 4. The van der Waals surface area contributed by atoms with E-state index in [-0.39, 0.29) is 36.2 Å². The Labute approximate surface area is 75.9 Å². The molecule has 0 rings (SSSR count). The molecule has 0 aliphatic carbocycles. The summed E-state index contributed by atoms with van der Waals surface area (Å²) in [6.07, 6.45) is 0. The standard InChI is InChI=1S/C2H7NO4S.Na/c1-2-7-8(5,6)3-4;/h3-4H,2H2,1H3;. The quantitative estimate of drug-likeness (QED) is 0.408. The van der Waals surface area contributed by atoms with Gasteiger partial charge in [-0.1, -0.05) is 4.89 Å². The molecule has 9 heavy (non-hydrogen) atoms. The van der Waals surface area contributed by atoms with Gasteiger partial charge in [-0.2, -0.15) is 8.42 Å². The van der Waals surface area contributed by atoms with E-state index in [4.69, 9.17) is 5.21 Å². The Morgan fingerprint density at radius 2 is 2.11 bits per heavy atom. The van der Waals surface area contributed by atoms with Crippen molar-refractivity contribution >= 4 is 39.9 Å². The molecule has 1 radical (unpaired) electrons. The molecule has 7 heteroatoms. The van der Waals surface area contributed by atoms with Crippen molar-refractivity contribution in [2.75, 3.05) is 6.61 Å². The zero-order valence-corrected chi connectivity index (χ0v) is 8.10. The first-order valence-electron chi connectivity index (χ1n) is 1.92. The van der Waals surface area contributed by atoms with Crippen LogP contribution in [0.3, 0.4) is 0 Å². The maximum Gasteiger partial charge on any atom is 0.357 e. The zero-order chi connectivity index (χ0) is 6.62. The van der Waals surface area contributed by atoms with E-state index in [1.165, 1.54) is 6.92 Å². The Bertz CT molecular complexity index is 143. The predicted molar refractivity (Wildman–Crippen MR) is 31.2 cm³/mol. The van der Waals surface area contributed by atoms with Gasteiger partial charge in [0.2, 0.25) is 0 Å². The molecular weight excluding hydrogens is 157 g/mol. The Kier molecular flexibility index (Phi) is 7.78. The van der Waals surface area contributed by atoms with E-state index in [9.17, 15) is 8.42 Å². The number of nitrogens with one attached hydrogen (secondary N) is 1. The Hall–Kier alpha value is 0.830. The van der Waals surface area contributed by atoms with Gasteiger partial charge in [0.1, 0.15) is 0 Å². The second kappa shape index (κ2) is 5.60. The van der Waals surface area contributed by atoms with Crippen LogP contribution >= 0.6 is 0 Å². The summed E-state index contributed by atoms with van der Waals surface area (Å²) in [4.78, 5) is 0.992. The molecule has 5 nitrogen and oxygen atoms in total. The normalized spacial score (nSPS) is 10.4. The van der Waals surface area contributed by atoms with Crippen LogP contribution in [0.1, 0.15) is 6.92 Å². The van der Waals surface area contributed by atoms with E-state index in [0.29, 0.717) is 0 Å². The minimum Gasteiger partial charge on any atom is -0.300 e. The summed E-state index contributed by atoms with van der Waals surface area (Å²) in [7, 11) is -3.86. The van der Waals surface area contributed by atoms with Crippen molar-refractivity contribution in [3.63, 3.8) is 0 Å². The van der Waals surface area contributed by atoms with Crippen LogP contribution in [0.25, 0.3) is 0 Å². The van der Waals surface area contributed by atoms with Gasteiger partial charge in [-0.3, -0.25) is 4.18 Å². The maximum atomic E-state index is 10.0. The third-order valence-electron chi connectivity index (χ3n) is 0.385. The number of hydrogen-bond donors (Lipinski definition) is 2. The molecule has 0 fully saturated rings. The van der Waals surface area contributed by atoms with Crippen molar-refractivity contribution in [2.24, 2.45) is 0 Å². The summed E-state index contributed by atoms with van der Waals surface area (Å²) in [6.45, 7) is 1.50. The first kappa shape index (κ1) is 12.5. The summed E-state index contributed by atoms with van der Waals surface area (Å²) in [5, 5.41) is 7.76. The molecule has 0 aromatic heterocycles. The fourth-order valence-corrected chi connectivity index (χ4v) is 0.545. The van der Waals surface area contributed by atoms with Crippen LogP contribution < -0.4 is 4.89 Å². The minimum absolute atomic E-state index is 0. The number of rotatable bonds is 3. The van der Waals surface area contributed by atoms with E-state index in [2.05, 4.69) is 4.18 Å².